The molecule has 77 valence electrons. The minimum atomic E-state index is -0.960. The lowest BCUT2D eigenvalue weighted by Crippen LogP contribution is -1.90. The highest BCUT2D eigenvalue weighted by Gasteiger charge is 2.14. The number of hydrogen-bond acceptors (Lipinski definition) is 1. The molecule has 0 aliphatic carbocycles. The van der Waals surface area contributed by atoms with Gasteiger partial charge < -0.3 is 0 Å². The van der Waals surface area contributed by atoms with E-state index in [9.17, 15) is 13.2 Å². The van der Waals surface area contributed by atoms with E-state index in [0.717, 1.165) is 11.3 Å². The van der Waals surface area contributed by atoms with Gasteiger partial charge in [-0.15, -0.1) is 11.3 Å². The summed E-state index contributed by atoms with van der Waals surface area (Å²) in [6, 6.07) is 2.63. The van der Waals surface area contributed by atoms with E-state index in [1.165, 1.54) is 6.07 Å². The van der Waals surface area contributed by atoms with Gasteiger partial charge in [0.15, 0.2) is 0 Å². The van der Waals surface area contributed by atoms with Gasteiger partial charge in [0.25, 0.3) is 0 Å². The fraction of sp³-hybridized carbons (Fsp3) is 0. The molecular formula is C10H3ClF3S. The summed E-state index contributed by atoms with van der Waals surface area (Å²) in [5, 5.41) is 2.63. The second-order valence-corrected chi connectivity index (χ2v) is 4.29. The average Bonchev–Trinajstić information content (AvgIpc) is 2.49. The largest absolute Gasteiger partial charge is 0.207 e. The number of thiophene rings is 1. The Morgan fingerprint density at radius 1 is 1.07 bits per heavy atom. The van der Waals surface area contributed by atoms with Crippen molar-refractivity contribution in [1.29, 1.82) is 0 Å². The number of benzene rings is 1. The van der Waals surface area contributed by atoms with Gasteiger partial charge in [0.2, 0.25) is 0 Å². The Labute approximate surface area is 92.9 Å². The monoisotopic (exact) mass is 247 g/mol. The van der Waals surface area contributed by atoms with Crippen LogP contribution in [0.1, 0.15) is 0 Å². The summed E-state index contributed by atoms with van der Waals surface area (Å²) in [6.45, 7) is 0. The first-order chi connectivity index (χ1) is 7.08. The van der Waals surface area contributed by atoms with Gasteiger partial charge in [0.1, 0.15) is 17.5 Å². The first kappa shape index (κ1) is 10.5. The van der Waals surface area contributed by atoms with Crippen LogP contribution in [0.5, 0.6) is 0 Å². The Morgan fingerprint density at radius 2 is 1.67 bits per heavy atom. The Bertz CT molecular complexity index is 484. The SMILES string of the molecule is Fc1cc(F)c(-c2[c]sc(Cl)c2)c(F)c1. The highest BCUT2D eigenvalue weighted by atomic mass is 35.5. The van der Waals surface area contributed by atoms with Crippen molar-refractivity contribution in [2.75, 3.05) is 0 Å². The molecule has 1 radical (unpaired) electrons. The van der Waals surface area contributed by atoms with Crippen LogP contribution in [0, 0.1) is 22.8 Å². The van der Waals surface area contributed by atoms with Crippen LogP contribution in [-0.4, -0.2) is 0 Å². The molecule has 1 aromatic carbocycles. The minimum absolute atomic E-state index is 0.194. The Hall–Kier alpha value is -1.00. The highest BCUT2D eigenvalue weighted by Crippen LogP contribution is 2.31. The van der Waals surface area contributed by atoms with Gasteiger partial charge in [-0.05, 0) is 6.07 Å². The van der Waals surface area contributed by atoms with E-state index in [4.69, 9.17) is 11.6 Å². The molecule has 0 saturated heterocycles. The van der Waals surface area contributed by atoms with Crippen LogP contribution in [-0.2, 0) is 0 Å². The summed E-state index contributed by atoms with van der Waals surface area (Å²) >= 11 is 6.65. The van der Waals surface area contributed by atoms with Crippen LogP contribution < -0.4 is 0 Å². The molecule has 0 nitrogen and oxygen atoms in total. The molecule has 0 saturated carbocycles. The molecule has 0 amide bonds. The quantitative estimate of drug-likeness (QED) is 0.705. The van der Waals surface area contributed by atoms with E-state index in [1.54, 1.807) is 0 Å². The fourth-order valence-corrected chi connectivity index (χ4v) is 1.97. The summed E-state index contributed by atoms with van der Waals surface area (Å²) in [5.74, 6) is -2.87. The number of halogens is 4. The van der Waals surface area contributed by atoms with E-state index in [1.807, 2.05) is 0 Å². The smallest absolute Gasteiger partial charge is 0.136 e. The van der Waals surface area contributed by atoms with E-state index in [2.05, 4.69) is 5.38 Å². The molecule has 0 atom stereocenters. The van der Waals surface area contributed by atoms with Gasteiger partial charge in [0, 0.05) is 17.7 Å². The van der Waals surface area contributed by atoms with Gasteiger partial charge in [0.05, 0.1) is 15.3 Å². The van der Waals surface area contributed by atoms with Crippen LogP contribution in [0.2, 0.25) is 4.34 Å². The number of hydrogen-bond donors (Lipinski definition) is 0. The third kappa shape index (κ3) is 2.01. The molecule has 0 fully saturated rings. The molecule has 1 aromatic heterocycles. The summed E-state index contributed by atoms with van der Waals surface area (Å²) in [4.78, 5) is 0. The molecule has 2 aromatic rings. The maximum absolute atomic E-state index is 13.3. The van der Waals surface area contributed by atoms with Gasteiger partial charge in [-0.3, -0.25) is 0 Å². The maximum atomic E-state index is 13.3. The molecule has 15 heavy (non-hydrogen) atoms. The zero-order valence-electron chi connectivity index (χ0n) is 7.15. The molecule has 0 unspecified atom stereocenters. The first-order valence-corrected chi connectivity index (χ1v) is 5.09. The molecule has 0 aliphatic heterocycles. The van der Waals surface area contributed by atoms with Gasteiger partial charge in [-0.25, -0.2) is 13.2 Å². The summed E-state index contributed by atoms with van der Waals surface area (Å²) < 4.78 is 39.5. The third-order valence-corrected chi connectivity index (χ3v) is 2.77. The van der Waals surface area contributed by atoms with Crippen molar-refractivity contribution < 1.29 is 13.2 Å². The standard InChI is InChI=1S/C10H3ClF3S/c11-9-1-5(4-15-9)10-7(13)2-6(12)3-8(10)14/h1-3H. The van der Waals surface area contributed by atoms with Gasteiger partial charge >= 0.3 is 0 Å². The number of rotatable bonds is 1. The van der Waals surface area contributed by atoms with Crippen molar-refractivity contribution in [2.45, 2.75) is 0 Å². The lowest BCUT2D eigenvalue weighted by molar-refractivity contribution is 0.548. The lowest BCUT2D eigenvalue weighted by atomic mass is 10.1. The van der Waals surface area contributed by atoms with E-state index in [0.29, 0.717) is 16.5 Å². The van der Waals surface area contributed by atoms with Crippen LogP contribution >= 0.6 is 22.9 Å². The first-order valence-electron chi connectivity index (χ1n) is 3.90. The topological polar surface area (TPSA) is 0 Å². The maximum Gasteiger partial charge on any atom is 0.136 e. The molecular weight excluding hydrogens is 245 g/mol. The van der Waals surface area contributed by atoms with E-state index < -0.39 is 17.5 Å². The molecule has 2 rings (SSSR count). The van der Waals surface area contributed by atoms with Crippen molar-refractivity contribution >= 4 is 22.9 Å². The van der Waals surface area contributed by atoms with E-state index in [-0.39, 0.29) is 11.1 Å². The Balaban J connectivity index is 2.62. The van der Waals surface area contributed by atoms with Crippen molar-refractivity contribution in [2.24, 2.45) is 0 Å². The Kier molecular flexibility index (Phi) is 2.71. The normalized spacial score (nSPS) is 10.7. The highest BCUT2D eigenvalue weighted by molar-refractivity contribution is 7.14. The summed E-state index contributed by atoms with van der Waals surface area (Å²) in [5.41, 5.74) is -0.112. The van der Waals surface area contributed by atoms with Crippen LogP contribution in [0.25, 0.3) is 11.1 Å². The fourth-order valence-electron chi connectivity index (χ4n) is 1.20. The van der Waals surface area contributed by atoms with Gasteiger partial charge in [-0.2, -0.15) is 0 Å². The minimum Gasteiger partial charge on any atom is -0.207 e. The predicted molar refractivity (Wildman–Crippen MR) is 53.5 cm³/mol. The molecule has 5 heteroatoms. The van der Waals surface area contributed by atoms with E-state index >= 15 is 0 Å². The van der Waals surface area contributed by atoms with Crippen molar-refractivity contribution in [3.05, 3.63) is 45.4 Å². The van der Waals surface area contributed by atoms with Crippen LogP contribution in [0.15, 0.2) is 18.2 Å². The van der Waals surface area contributed by atoms with Crippen LogP contribution in [0.3, 0.4) is 0 Å². The molecule has 0 N–H and O–H groups in total. The zero-order valence-corrected chi connectivity index (χ0v) is 8.72. The second-order valence-electron chi connectivity index (χ2n) is 2.81. The van der Waals surface area contributed by atoms with Crippen molar-refractivity contribution in [3.63, 3.8) is 0 Å². The third-order valence-electron chi connectivity index (χ3n) is 1.79. The molecule has 0 bridgehead atoms. The zero-order chi connectivity index (χ0) is 11.0. The lowest BCUT2D eigenvalue weighted by Gasteiger charge is -2.01. The second kappa shape index (κ2) is 3.87. The predicted octanol–water partition coefficient (Wildman–Crippen LogP) is 4.29. The van der Waals surface area contributed by atoms with Gasteiger partial charge in [-0.1, -0.05) is 11.6 Å². The summed E-state index contributed by atoms with van der Waals surface area (Å²) in [7, 11) is 0. The summed E-state index contributed by atoms with van der Waals surface area (Å²) in [6.07, 6.45) is 0. The van der Waals surface area contributed by atoms with Crippen molar-refractivity contribution in [1.82, 2.24) is 0 Å². The van der Waals surface area contributed by atoms with Crippen LogP contribution in [0.4, 0.5) is 13.2 Å². The molecule has 0 aliphatic rings. The average molecular weight is 248 g/mol. The Morgan fingerprint density at radius 3 is 2.13 bits per heavy atom. The molecule has 0 spiro atoms. The van der Waals surface area contributed by atoms with Crippen molar-refractivity contribution in [3.8, 4) is 11.1 Å². The molecule has 1 heterocycles.